The number of hydrogen-bond acceptors (Lipinski definition) is 22. The molecule has 0 spiro atoms. The van der Waals surface area contributed by atoms with Crippen molar-refractivity contribution in [1.82, 2.24) is 54.7 Å². The van der Waals surface area contributed by atoms with E-state index in [1.165, 1.54) is 87.7 Å². The first-order chi connectivity index (χ1) is 67.6. The molecular weight excluding hydrogens is 1790 g/mol. The summed E-state index contributed by atoms with van der Waals surface area (Å²) in [5, 5.41) is 3.25. The van der Waals surface area contributed by atoms with Crippen LogP contribution >= 0.6 is 0 Å². The summed E-state index contributed by atoms with van der Waals surface area (Å²) in [7, 11) is 2.75. The first-order valence-corrected chi connectivity index (χ1v) is 46.3. The highest BCUT2D eigenvalue weighted by Crippen LogP contribution is 2.44. The van der Waals surface area contributed by atoms with Crippen molar-refractivity contribution in [1.29, 1.82) is 0 Å². The number of nitrogens with one attached hydrogen (secondary N) is 5. The Morgan fingerprint density at radius 3 is 0.935 bits per heavy atom. The maximum Gasteiger partial charge on any atom is 0.410 e. The number of rotatable bonds is 29. The van der Waals surface area contributed by atoms with Crippen molar-refractivity contribution in [2.75, 3.05) is 40.3 Å². The maximum atomic E-state index is 15.4. The van der Waals surface area contributed by atoms with E-state index < -0.39 is 216 Å². The molecule has 33 nitrogen and oxygen atoms in total. The highest BCUT2D eigenvalue weighted by Gasteiger charge is 2.47. The minimum atomic E-state index is -2.75. The number of benzene rings is 4. The number of ether oxygens (including phenoxy) is 7. The van der Waals surface area contributed by atoms with Gasteiger partial charge >= 0.3 is 42.0 Å². The average molecular weight is 1940 g/mol. The van der Waals surface area contributed by atoms with Crippen LogP contribution in [0.25, 0.3) is 66.4 Å². The zero-order chi connectivity index (χ0) is 109. The predicted octanol–water partition coefficient (Wildman–Crippen LogP) is 13.7. The number of fused-ring (bicyclic) bond motifs is 4. The number of aromatic nitrogens is 4. The SMILES string of the molecule is CC(=O)OC(C)(C)C.[2H]C([2H])(c1c(-c2[nH]c3cc(F)ccc3c2C([2H])([2H])[C@@H]2C[C@H](OC(C)=O)CN2C(=O)[C@@H](N)CC)[nH]c2cc(F)ccc12)[C@@H]1C[C@H](OC(C)=O)CN1C(=O)[C@@H](N)CC.[2H]C([2H])(c1c(-c2[nH]c3cc(F)ccc3c2C([2H])([2H])[C@@H]2C[C@H](OC(C)=O)CN2C(=O)[C@H](CC)NC(=O)[C@H](C)N(C)C(=O)OC(C)(C)C)[nH]c2cc(F)ccc12)[C@@H]1C[C@H](OC(C)=O)CN1C(=O)[C@H](CC)CC(=O)[C@H](C)N(C)C(=O)OC(C)(C)C. The maximum absolute atomic E-state index is 15.4. The number of likely N-dealkylation sites (N-methyl/N-ethyl adjacent to an activating group) is 2. The molecule has 0 radical (unpaired) electrons. The molecule has 8 aromatic rings. The van der Waals surface area contributed by atoms with Crippen LogP contribution in [0.1, 0.15) is 229 Å². The van der Waals surface area contributed by atoms with Crippen LogP contribution in [0.2, 0.25) is 0 Å². The first kappa shape index (κ1) is 95.9. The molecule has 4 saturated heterocycles. The van der Waals surface area contributed by atoms with E-state index in [-0.39, 0.29) is 184 Å². The zero-order valence-electron chi connectivity index (χ0n) is 90.2. The van der Waals surface area contributed by atoms with Gasteiger partial charge in [0.1, 0.15) is 76.6 Å². The van der Waals surface area contributed by atoms with Gasteiger partial charge in [-0.05, 0) is 222 Å². The Labute approximate surface area is 812 Å². The minimum absolute atomic E-state index is 0.0154. The zero-order valence-corrected chi connectivity index (χ0v) is 82.2. The van der Waals surface area contributed by atoms with E-state index in [0.29, 0.717) is 0 Å². The molecule has 8 heterocycles. The second-order valence-electron chi connectivity index (χ2n) is 38.2. The van der Waals surface area contributed by atoms with Crippen molar-refractivity contribution in [2.24, 2.45) is 17.4 Å². The first-order valence-electron chi connectivity index (χ1n) is 50.3. The van der Waals surface area contributed by atoms with E-state index >= 15 is 8.78 Å². The average Bonchev–Trinajstić information content (AvgIpc) is 1.56. The number of amides is 7. The van der Waals surface area contributed by atoms with Crippen molar-refractivity contribution in [3.05, 3.63) is 118 Å². The number of nitrogens with zero attached hydrogens (tertiary/aromatic N) is 6. The Morgan fingerprint density at radius 2 is 0.688 bits per heavy atom. The molecule has 4 aromatic carbocycles. The van der Waals surface area contributed by atoms with Gasteiger partial charge in [-0.3, -0.25) is 57.6 Å². The highest BCUT2D eigenvalue weighted by atomic mass is 19.1. The lowest BCUT2D eigenvalue weighted by molar-refractivity contribution is -0.152. The summed E-state index contributed by atoms with van der Waals surface area (Å²) >= 11 is 0. The highest BCUT2D eigenvalue weighted by molar-refractivity contribution is 6.00. The van der Waals surface area contributed by atoms with Crippen LogP contribution in [0.3, 0.4) is 0 Å². The molecule has 9 N–H and O–H groups in total. The monoisotopic (exact) mass is 1930 g/mol. The number of likely N-dealkylation sites (tertiary alicyclic amines) is 4. The lowest BCUT2D eigenvalue weighted by Crippen LogP contribution is -2.55. The van der Waals surface area contributed by atoms with Gasteiger partial charge in [0.2, 0.25) is 29.5 Å². The van der Waals surface area contributed by atoms with E-state index in [2.05, 4.69) is 25.3 Å². The fraction of sp³-hybridized carbons (Fsp3) is 0.554. The molecule has 4 fully saturated rings. The van der Waals surface area contributed by atoms with Crippen LogP contribution in [0, 0.1) is 29.2 Å². The van der Waals surface area contributed by atoms with Crippen LogP contribution in [-0.2, 0) is 111 Å². The summed E-state index contributed by atoms with van der Waals surface area (Å²) in [5.74, 6) is -10.6. The lowest BCUT2D eigenvalue weighted by Gasteiger charge is -2.31. The second-order valence-corrected chi connectivity index (χ2v) is 38.2. The molecule has 752 valence electrons. The predicted molar refractivity (Wildman–Crippen MR) is 509 cm³/mol. The molecule has 138 heavy (non-hydrogen) atoms. The molecule has 0 aliphatic carbocycles. The number of hydrogen-bond donors (Lipinski definition) is 7. The number of ketones is 1. The molecular formula is C101H135F4N13O20. The number of carbonyl (C=O) groups excluding carboxylic acids is 13. The number of esters is 5. The molecule has 14 atom stereocenters. The summed E-state index contributed by atoms with van der Waals surface area (Å²) in [5.41, 5.74) is 9.55. The Morgan fingerprint density at radius 1 is 0.413 bits per heavy atom. The van der Waals surface area contributed by atoms with Crippen molar-refractivity contribution in [3.63, 3.8) is 0 Å². The quantitative estimate of drug-likeness (QED) is 0.0130. The van der Waals surface area contributed by atoms with Crippen LogP contribution in [0.4, 0.5) is 27.2 Å². The van der Waals surface area contributed by atoms with Crippen LogP contribution in [0.5, 0.6) is 0 Å². The molecule has 4 aliphatic rings. The third-order valence-corrected chi connectivity index (χ3v) is 23.9. The Bertz CT molecular complexity index is 5910. The van der Waals surface area contributed by atoms with E-state index in [0.717, 1.165) is 77.1 Å². The Hall–Kier alpha value is -12.4. The molecule has 37 heteroatoms. The number of nitrogens with two attached hydrogens (primary N) is 2. The van der Waals surface area contributed by atoms with Gasteiger partial charge < -0.3 is 94.4 Å². The summed E-state index contributed by atoms with van der Waals surface area (Å²) in [6.45, 7) is 30.3. The van der Waals surface area contributed by atoms with Gasteiger partial charge in [0.25, 0.3) is 0 Å². The van der Waals surface area contributed by atoms with Gasteiger partial charge in [-0.15, -0.1) is 0 Å². The molecule has 0 saturated carbocycles. The van der Waals surface area contributed by atoms with E-state index in [4.69, 9.17) is 44.6 Å². The Balaban J connectivity index is 0.000000294. The van der Waals surface area contributed by atoms with Gasteiger partial charge in [0.15, 0.2) is 5.78 Å². The number of aromatic amines is 4. The number of H-pyrrole nitrogens is 4. The number of carbonyl (C=O) groups is 13. The molecule has 0 unspecified atom stereocenters. The number of halogens is 4. The largest absolute Gasteiger partial charge is 0.461 e. The van der Waals surface area contributed by atoms with Crippen LogP contribution < -0.4 is 16.8 Å². The summed E-state index contributed by atoms with van der Waals surface area (Å²) in [6, 6.07) is 3.24. The summed E-state index contributed by atoms with van der Waals surface area (Å²) in [4.78, 5) is 190. The van der Waals surface area contributed by atoms with Gasteiger partial charge in [0, 0.05) is 165 Å². The third-order valence-electron chi connectivity index (χ3n) is 23.9. The van der Waals surface area contributed by atoms with Crippen molar-refractivity contribution < 1.29 is 124 Å². The topological polar surface area (TPSA) is 433 Å². The fourth-order valence-electron chi connectivity index (χ4n) is 17.2. The standard InChI is InChI=1S/C57H77F2N7O12.C38H46F2N6O6.C6H12O2/c1-15-34(21-48(69)30(3)63(13)54(73)77-56(7,8)9)52(71)65-28-39(75-32(5)67)24-37(65)26-43-41-19-17-35(58)22-46(41)60-49(43)50-44(42-20-18-36(59)23-47(42)61-50)27-38-25-40(76-33(6)68)29-66(38)53(72)45(16-2)62-51(70)31(4)64(14)55(74)78-57(10,11)12;1-5-31(41)37(49)45-17-25(51-19(3)47)13-23(45)15-29-27-9-7-21(39)11-33(27)43-35(29)36-30(28-10-8-22(40)12-34(28)44-36)16-24-14-26(52-20(4)48)18-46(24)38(50)32(42)6-2;1-5(7)8-6(2,3)4/h17-20,22-23,30-31,34,37-40,45,60-61H,15-16,21,24-29H2,1-14H3,(H,62,70);7-12,23-26,31-32,43-44H,5-6,13-18,41-42H2,1-4H3;1-4H3/t30-,31-,34+,37-,38-,39-,40-,45-;23-,24-,25-,26-,31-,32-;/m00./s1/i26D2,27D2;15D2,16D2;. The van der Waals surface area contributed by atoms with Crippen molar-refractivity contribution in [2.45, 2.75) is 317 Å². The summed E-state index contributed by atoms with van der Waals surface area (Å²) < 4.78 is 178. The van der Waals surface area contributed by atoms with Gasteiger partial charge in [-0.25, -0.2) is 27.2 Å². The molecule has 12 rings (SSSR count). The van der Waals surface area contributed by atoms with Gasteiger partial charge in [0.05, 0.1) is 67.1 Å². The van der Waals surface area contributed by atoms with Crippen molar-refractivity contribution in [3.8, 4) is 22.8 Å². The molecule has 4 aromatic heterocycles. The normalized spacial score (nSPS) is 20.9. The van der Waals surface area contributed by atoms with E-state index in [1.54, 1.807) is 69.2 Å². The Kier molecular flexibility index (Phi) is 31.3. The molecule has 0 bridgehead atoms. The lowest BCUT2D eigenvalue weighted by atomic mass is 9.93. The fourth-order valence-corrected chi connectivity index (χ4v) is 17.2. The smallest absolute Gasteiger partial charge is 0.410 e. The molecule has 7 amide bonds. The number of Topliss-reactive ketones (excluding diaryl/α,β-unsaturated/α-hetero) is 1. The summed E-state index contributed by atoms with van der Waals surface area (Å²) in [6.07, 6.45) is -16.6. The van der Waals surface area contributed by atoms with E-state index in [1.807, 2.05) is 20.8 Å². The third kappa shape index (κ3) is 26.9. The second kappa shape index (κ2) is 45.0. The van der Waals surface area contributed by atoms with Gasteiger partial charge in [-0.2, -0.15) is 0 Å². The minimum Gasteiger partial charge on any atom is -0.461 e. The van der Waals surface area contributed by atoms with Crippen molar-refractivity contribution >= 4 is 121 Å². The van der Waals surface area contributed by atoms with Crippen LogP contribution in [-0.4, -0.2) is 263 Å². The van der Waals surface area contributed by atoms with E-state index in [9.17, 15) is 82.1 Å². The van der Waals surface area contributed by atoms with Crippen LogP contribution in [0.15, 0.2) is 72.8 Å². The molecule has 4 aliphatic heterocycles. The van der Waals surface area contributed by atoms with Gasteiger partial charge in [-0.1, -0.05) is 27.7 Å².